The average Bonchev–Trinajstić information content (AvgIpc) is 2.91. The van der Waals surface area contributed by atoms with Crippen molar-refractivity contribution in [1.82, 2.24) is 9.38 Å². The van der Waals surface area contributed by atoms with Crippen LogP contribution in [0.2, 0.25) is 0 Å². The van der Waals surface area contributed by atoms with Crippen molar-refractivity contribution in [2.24, 2.45) is 0 Å². The van der Waals surface area contributed by atoms with Crippen molar-refractivity contribution in [2.45, 2.75) is 0 Å². The van der Waals surface area contributed by atoms with Gasteiger partial charge in [-0.3, -0.25) is 9.20 Å². The Balaban J connectivity index is 1.93. The van der Waals surface area contributed by atoms with E-state index in [-0.39, 0.29) is 5.69 Å². The van der Waals surface area contributed by atoms with E-state index in [0.717, 1.165) is 12.1 Å². The first-order valence-electron chi connectivity index (χ1n) is 5.83. The van der Waals surface area contributed by atoms with E-state index in [2.05, 4.69) is 10.3 Å². The number of nitrogens with zero attached hydrogens (tertiary/aromatic N) is 2. The molecular weight excluding hydrogens is 264 g/mol. The van der Waals surface area contributed by atoms with Crippen LogP contribution >= 0.6 is 0 Å². The van der Waals surface area contributed by atoms with E-state index in [4.69, 9.17) is 0 Å². The molecule has 1 aromatic carbocycles. The van der Waals surface area contributed by atoms with E-state index < -0.39 is 17.5 Å². The Morgan fingerprint density at radius 1 is 1.15 bits per heavy atom. The van der Waals surface area contributed by atoms with Crippen LogP contribution in [0.3, 0.4) is 0 Å². The summed E-state index contributed by atoms with van der Waals surface area (Å²) in [6.07, 6.45) is 3.22. The fourth-order valence-corrected chi connectivity index (χ4v) is 1.90. The lowest BCUT2D eigenvalue weighted by Crippen LogP contribution is -2.15. The average molecular weight is 273 g/mol. The molecule has 3 aromatic rings. The monoisotopic (exact) mass is 273 g/mol. The maximum absolute atomic E-state index is 13.1. The highest BCUT2D eigenvalue weighted by Crippen LogP contribution is 2.15. The Bertz CT molecular complexity index is 798. The number of rotatable bonds is 2. The number of carbonyl (C=O) groups is 1. The van der Waals surface area contributed by atoms with E-state index in [1.165, 1.54) is 6.07 Å². The third kappa shape index (κ3) is 2.11. The van der Waals surface area contributed by atoms with Gasteiger partial charge in [-0.1, -0.05) is 6.07 Å². The normalized spacial score (nSPS) is 10.7. The zero-order chi connectivity index (χ0) is 14.1. The summed E-state index contributed by atoms with van der Waals surface area (Å²) in [6, 6.07) is 8.26. The van der Waals surface area contributed by atoms with Crippen LogP contribution in [0, 0.1) is 11.6 Å². The van der Waals surface area contributed by atoms with Crippen molar-refractivity contribution in [1.29, 1.82) is 0 Å². The number of halogens is 2. The third-order valence-corrected chi connectivity index (χ3v) is 2.84. The molecule has 0 aliphatic heterocycles. The number of pyridine rings is 1. The molecular formula is C14H9F2N3O. The Hall–Kier alpha value is -2.76. The number of imidazole rings is 1. The highest BCUT2D eigenvalue weighted by Gasteiger charge is 2.11. The van der Waals surface area contributed by atoms with Gasteiger partial charge in [0.1, 0.15) is 11.3 Å². The zero-order valence-corrected chi connectivity index (χ0v) is 10.2. The van der Waals surface area contributed by atoms with Gasteiger partial charge in [0, 0.05) is 24.1 Å². The molecule has 6 heteroatoms. The standard InChI is InChI=1S/C14H9F2N3O/c15-10-5-4-9(8-11(10)16)18-14(20)12-2-1-3-13-17-6-7-19(12)13/h1-8H,(H,18,20). The van der Waals surface area contributed by atoms with Crippen molar-refractivity contribution < 1.29 is 13.6 Å². The summed E-state index contributed by atoms with van der Waals surface area (Å²) in [5, 5.41) is 2.51. The molecule has 0 fully saturated rings. The van der Waals surface area contributed by atoms with Gasteiger partial charge >= 0.3 is 0 Å². The quantitative estimate of drug-likeness (QED) is 0.780. The highest BCUT2D eigenvalue weighted by molar-refractivity contribution is 6.03. The van der Waals surface area contributed by atoms with Gasteiger partial charge in [-0.2, -0.15) is 0 Å². The predicted octanol–water partition coefficient (Wildman–Crippen LogP) is 2.86. The number of fused-ring (bicyclic) bond motifs is 1. The maximum atomic E-state index is 13.1. The van der Waals surface area contributed by atoms with E-state index in [1.54, 1.807) is 35.0 Å². The number of benzene rings is 1. The molecule has 1 amide bonds. The summed E-state index contributed by atoms with van der Waals surface area (Å²) in [5.41, 5.74) is 1.17. The lowest BCUT2D eigenvalue weighted by atomic mass is 10.2. The van der Waals surface area contributed by atoms with Crippen LogP contribution in [0.4, 0.5) is 14.5 Å². The van der Waals surface area contributed by atoms with Crippen LogP contribution in [0.15, 0.2) is 48.8 Å². The Morgan fingerprint density at radius 2 is 2.00 bits per heavy atom. The van der Waals surface area contributed by atoms with Crippen LogP contribution < -0.4 is 5.32 Å². The second-order valence-corrected chi connectivity index (χ2v) is 4.15. The summed E-state index contributed by atoms with van der Waals surface area (Å²) in [7, 11) is 0. The molecule has 0 bridgehead atoms. The third-order valence-electron chi connectivity index (χ3n) is 2.84. The number of carbonyl (C=O) groups excluding carboxylic acids is 1. The van der Waals surface area contributed by atoms with E-state index >= 15 is 0 Å². The van der Waals surface area contributed by atoms with Crippen molar-refractivity contribution in [2.75, 3.05) is 5.32 Å². The van der Waals surface area contributed by atoms with Gasteiger partial charge in [0.05, 0.1) is 0 Å². The van der Waals surface area contributed by atoms with E-state index in [1.807, 2.05) is 0 Å². The molecule has 0 saturated carbocycles. The van der Waals surface area contributed by atoms with Gasteiger partial charge in [0.2, 0.25) is 0 Å². The molecule has 1 N–H and O–H groups in total. The largest absolute Gasteiger partial charge is 0.321 e. The maximum Gasteiger partial charge on any atom is 0.272 e. The smallest absolute Gasteiger partial charge is 0.272 e. The van der Waals surface area contributed by atoms with Crippen LogP contribution in [0.1, 0.15) is 10.5 Å². The number of hydrogen-bond acceptors (Lipinski definition) is 2. The van der Waals surface area contributed by atoms with Crippen molar-refractivity contribution in [3.05, 3.63) is 66.1 Å². The molecule has 2 heterocycles. The van der Waals surface area contributed by atoms with Gasteiger partial charge in [-0.15, -0.1) is 0 Å². The van der Waals surface area contributed by atoms with Crippen LogP contribution in [0.25, 0.3) is 5.65 Å². The first-order chi connectivity index (χ1) is 9.65. The summed E-state index contributed by atoms with van der Waals surface area (Å²) < 4.78 is 27.5. The van der Waals surface area contributed by atoms with Gasteiger partial charge < -0.3 is 5.32 Å². The summed E-state index contributed by atoms with van der Waals surface area (Å²) in [6.45, 7) is 0. The minimum Gasteiger partial charge on any atom is -0.321 e. The van der Waals surface area contributed by atoms with Gasteiger partial charge in [0.15, 0.2) is 11.6 Å². The van der Waals surface area contributed by atoms with Crippen molar-refractivity contribution in [3.8, 4) is 0 Å². The van der Waals surface area contributed by atoms with Crippen molar-refractivity contribution >= 4 is 17.2 Å². The SMILES string of the molecule is O=C(Nc1ccc(F)c(F)c1)c1cccc2nccn12. The summed E-state index contributed by atoms with van der Waals surface area (Å²) in [4.78, 5) is 16.2. The Morgan fingerprint density at radius 3 is 2.80 bits per heavy atom. The lowest BCUT2D eigenvalue weighted by Gasteiger charge is -2.07. The lowest BCUT2D eigenvalue weighted by molar-refractivity contribution is 0.102. The molecule has 100 valence electrons. The number of aromatic nitrogens is 2. The summed E-state index contributed by atoms with van der Waals surface area (Å²) >= 11 is 0. The zero-order valence-electron chi connectivity index (χ0n) is 10.2. The summed E-state index contributed by atoms with van der Waals surface area (Å²) in [5.74, 6) is -2.40. The van der Waals surface area contributed by atoms with Crippen LogP contribution in [-0.4, -0.2) is 15.3 Å². The van der Waals surface area contributed by atoms with Gasteiger partial charge in [0.25, 0.3) is 5.91 Å². The Labute approximate surface area is 112 Å². The van der Waals surface area contributed by atoms with Crippen LogP contribution in [-0.2, 0) is 0 Å². The molecule has 3 rings (SSSR count). The molecule has 0 unspecified atom stereocenters. The molecule has 4 nitrogen and oxygen atoms in total. The fraction of sp³-hybridized carbons (Fsp3) is 0. The van der Waals surface area contributed by atoms with Gasteiger partial charge in [-0.25, -0.2) is 13.8 Å². The minimum atomic E-state index is -1.01. The van der Waals surface area contributed by atoms with E-state index in [9.17, 15) is 13.6 Å². The topological polar surface area (TPSA) is 46.4 Å². The number of anilines is 1. The second-order valence-electron chi connectivity index (χ2n) is 4.15. The predicted molar refractivity (Wildman–Crippen MR) is 69.5 cm³/mol. The molecule has 0 aliphatic carbocycles. The van der Waals surface area contributed by atoms with Crippen molar-refractivity contribution in [3.63, 3.8) is 0 Å². The molecule has 0 atom stereocenters. The second kappa shape index (κ2) is 4.73. The molecule has 0 aliphatic rings. The molecule has 2 aromatic heterocycles. The highest BCUT2D eigenvalue weighted by atomic mass is 19.2. The van der Waals surface area contributed by atoms with Gasteiger partial charge in [-0.05, 0) is 24.3 Å². The molecule has 0 spiro atoms. The van der Waals surface area contributed by atoms with E-state index in [0.29, 0.717) is 11.3 Å². The number of hydrogen-bond donors (Lipinski definition) is 1. The number of nitrogens with one attached hydrogen (secondary N) is 1. The molecule has 20 heavy (non-hydrogen) atoms. The minimum absolute atomic E-state index is 0.186. The Kier molecular flexibility index (Phi) is 2.90. The first-order valence-corrected chi connectivity index (χ1v) is 5.83. The fourth-order valence-electron chi connectivity index (χ4n) is 1.90. The number of amides is 1. The first kappa shape index (κ1) is 12.3. The molecule has 0 saturated heterocycles. The van der Waals surface area contributed by atoms with Crippen LogP contribution in [0.5, 0.6) is 0 Å². The molecule has 0 radical (unpaired) electrons.